The summed E-state index contributed by atoms with van der Waals surface area (Å²) in [6, 6.07) is 5.16. The van der Waals surface area contributed by atoms with Crippen molar-refractivity contribution in [3.8, 4) is 5.75 Å². The van der Waals surface area contributed by atoms with Gasteiger partial charge in [-0.3, -0.25) is 9.59 Å². The van der Waals surface area contributed by atoms with Crippen LogP contribution in [0.3, 0.4) is 0 Å². The molecule has 1 rings (SSSR count). The van der Waals surface area contributed by atoms with Crippen LogP contribution in [0.5, 0.6) is 5.75 Å². The lowest BCUT2D eigenvalue weighted by Crippen LogP contribution is -2.37. The van der Waals surface area contributed by atoms with Crippen molar-refractivity contribution in [2.24, 2.45) is 5.92 Å². The van der Waals surface area contributed by atoms with Gasteiger partial charge < -0.3 is 10.1 Å². The summed E-state index contributed by atoms with van der Waals surface area (Å²) in [5, 5.41) is 2.84. The van der Waals surface area contributed by atoms with Crippen LogP contribution in [0, 0.1) is 5.92 Å². The number of ketones is 1. The Morgan fingerprint density at radius 2 is 1.95 bits per heavy atom. The van der Waals surface area contributed by atoms with Gasteiger partial charge in [0.1, 0.15) is 5.75 Å². The molecule has 1 atom stereocenters. The van der Waals surface area contributed by atoms with Gasteiger partial charge in [0.2, 0.25) is 0 Å². The first-order chi connectivity index (χ1) is 9.81. The Kier molecular flexibility index (Phi) is 6.89. The molecule has 1 aromatic rings. The summed E-state index contributed by atoms with van der Waals surface area (Å²) >= 11 is 3.34. The number of hydrogen-bond acceptors (Lipinski definition) is 3. The zero-order valence-electron chi connectivity index (χ0n) is 12.9. The lowest BCUT2D eigenvalue weighted by atomic mass is 10.1. The molecule has 1 aromatic carbocycles. The highest BCUT2D eigenvalue weighted by Gasteiger charge is 2.17. The third-order valence-electron chi connectivity index (χ3n) is 3.02. The van der Waals surface area contributed by atoms with Crippen LogP contribution >= 0.6 is 15.9 Å². The molecule has 1 amide bonds. The standard InChI is InChI=1S/C16H22BrNO3/c1-10(2)7-8-18-16(20)12(4)21-15-9-13(17)5-6-14(15)11(3)19/h5-6,9-10,12H,7-8H2,1-4H3,(H,18,20). The molecule has 0 heterocycles. The third-order valence-corrected chi connectivity index (χ3v) is 3.51. The number of benzene rings is 1. The van der Waals surface area contributed by atoms with Gasteiger partial charge in [0.15, 0.2) is 11.9 Å². The second kappa shape index (κ2) is 8.17. The van der Waals surface area contributed by atoms with Crippen molar-refractivity contribution in [3.63, 3.8) is 0 Å². The number of rotatable bonds is 7. The van der Waals surface area contributed by atoms with Gasteiger partial charge in [0.25, 0.3) is 5.91 Å². The van der Waals surface area contributed by atoms with E-state index in [-0.39, 0.29) is 11.7 Å². The van der Waals surface area contributed by atoms with Crippen molar-refractivity contribution >= 4 is 27.6 Å². The number of halogens is 1. The van der Waals surface area contributed by atoms with E-state index in [0.29, 0.717) is 23.8 Å². The number of nitrogens with one attached hydrogen (secondary N) is 1. The fourth-order valence-corrected chi connectivity index (χ4v) is 2.10. The molecule has 1 N–H and O–H groups in total. The van der Waals surface area contributed by atoms with E-state index in [1.165, 1.54) is 6.92 Å². The minimum Gasteiger partial charge on any atom is -0.480 e. The molecule has 0 radical (unpaired) electrons. The summed E-state index contributed by atoms with van der Waals surface area (Å²) in [4.78, 5) is 23.5. The molecule has 4 nitrogen and oxygen atoms in total. The van der Waals surface area contributed by atoms with Crippen LogP contribution in [0.1, 0.15) is 44.5 Å². The van der Waals surface area contributed by atoms with Crippen molar-refractivity contribution in [1.82, 2.24) is 5.32 Å². The topological polar surface area (TPSA) is 55.4 Å². The summed E-state index contributed by atoms with van der Waals surface area (Å²) in [5.41, 5.74) is 0.472. The van der Waals surface area contributed by atoms with E-state index in [2.05, 4.69) is 35.1 Å². The zero-order valence-corrected chi connectivity index (χ0v) is 14.5. The molecule has 0 aliphatic heterocycles. The van der Waals surface area contributed by atoms with Crippen LogP contribution < -0.4 is 10.1 Å². The average Bonchev–Trinajstić information content (AvgIpc) is 2.37. The fraction of sp³-hybridized carbons (Fsp3) is 0.500. The van der Waals surface area contributed by atoms with Crippen LogP contribution in [0.25, 0.3) is 0 Å². The molecule has 0 bridgehead atoms. The summed E-state index contributed by atoms with van der Waals surface area (Å²) in [6.07, 6.45) is 0.276. The van der Waals surface area contributed by atoms with E-state index in [9.17, 15) is 9.59 Å². The first-order valence-corrected chi connectivity index (χ1v) is 7.85. The predicted octanol–water partition coefficient (Wildman–Crippen LogP) is 3.58. The van der Waals surface area contributed by atoms with Crippen LogP contribution in [0.15, 0.2) is 22.7 Å². The summed E-state index contributed by atoms with van der Waals surface area (Å²) in [6.45, 7) is 7.99. The Hall–Kier alpha value is -1.36. The van der Waals surface area contributed by atoms with Crippen LogP contribution in [-0.4, -0.2) is 24.3 Å². The predicted molar refractivity (Wildman–Crippen MR) is 86.7 cm³/mol. The minimum absolute atomic E-state index is 0.0927. The highest BCUT2D eigenvalue weighted by Crippen LogP contribution is 2.25. The maximum atomic E-state index is 12.0. The largest absolute Gasteiger partial charge is 0.480 e. The molecule has 5 heteroatoms. The van der Waals surface area contributed by atoms with Gasteiger partial charge in [-0.25, -0.2) is 0 Å². The fourth-order valence-electron chi connectivity index (χ4n) is 1.76. The molecule has 0 aliphatic rings. The number of amides is 1. The number of hydrogen-bond donors (Lipinski definition) is 1. The second-order valence-electron chi connectivity index (χ2n) is 5.43. The highest BCUT2D eigenvalue weighted by molar-refractivity contribution is 9.10. The van der Waals surface area contributed by atoms with E-state index in [4.69, 9.17) is 4.74 Å². The van der Waals surface area contributed by atoms with Gasteiger partial charge in [-0.05, 0) is 44.4 Å². The summed E-state index contributed by atoms with van der Waals surface area (Å²) < 4.78 is 6.44. The molecule has 0 spiro atoms. The van der Waals surface area contributed by atoms with E-state index in [0.717, 1.165) is 10.9 Å². The first kappa shape index (κ1) is 17.7. The third kappa shape index (κ3) is 5.87. The van der Waals surface area contributed by atoms with Crippen LogP contribution in [-0.2, 0) is 4.79 Å². The molecular formula is C16H22BrNO3. The summed E-state index contributed by atoms with van der Waals surface area (Å²) in [5.74, 6) is 0.689. The van der Waals surface area contributed by atoms with E-state index >= 15 is 0 Å². The van der Waals surface area contributed by atoms with Gasteiger partial charge >= 0.3 is 0 Å². The Labute approximate surface area is 134 Å². The maximum Gasteiger partial charge on any atom is 0.260 e. The molecule has 116 valence electrons. The second-order valence-corrected chi connectivity index (χ2v) is 6.35. The molecule has 0 saturated heterocycles. The molecule has 0 aromatic heterocycles. The number of ether oxygens (including phenoxy) is 1. The first-order valence-electron chi connectivity index (χ1n) is 7.06. The van der Waals surface area contributed by atoms with Gasteiger partial charge in [0, 0.05) is 11.0 Å². The number of Topliss-reactive ketones (excluding diaryl/α,β-unsaturated/α-hetero) is 1. The van der Waals surface area contributed by atoms with Crippen molar-refractivity contribution in [2.75, 3.05) is 6.54 Å². The zero-order chi connectivity index (χ0) is 16.0. The minimum atomic E-state index is -0.649. The quantitative estimate of drug-likeness (QED) is 0.760. The van der Waals surface area contributed by atoms with Crippen molar-refractivity contribution in [3.05, 3.63) is 28.2 Å². The van der Waals surface area contributed by atoms with Gasteiger partial charge in [0.05, 0.1) is 5.56 Å². The smallest absolute Gasteiger partial charge is 0.260 e. The SMILES string of the molecule is CC(=O)c1ccc(Br)cc1OC(C)C(=O)NCCC(C)C. The van der Waals surface area contributed by atoms with Crippen molar-refractivity contribution in [2.45, 2.75) is 40.2 Å². The lowest BCUT2D eigenvalue weighted by Gasteiger charge is -2.17. The van der Waals surface area contributed by atoms with Gasteiger partial charge in [-0.2, -0.15) is 0 Å². The summed E-state index contributed by atoms with van der Waals surface area (Å²) in [7, 11) is 0. The van der Waals surface area contributed by atoms with Gasteiger partial charge in [-0.15, -0.1) is 0 Å². The highest BCUT2D eigenvalue weighted by atomic mass is 79.9. The van der Waals surface area contributed by atoms with Gasteiger partial charge in [-0.1, -0.05) is 29.8 Å². The van der Waals surface area contributed by atoms with E-state index in [1.54, 1.807) is 25.1 Å². The number of carbonyl (C=O) groups excluding carboxylic acids is 2. The van der Waals surface area contributed by atoms with Crippen LogP contribution in [0.2, 0.25) is 0 Å². The van der Waals surface area contributed by atoms with E-state index < -0.39 is 6.10 Å². The number of carbonyl (C=O) groups is 2. The molecule has 0 saturated carbocycles. The molecular weight excluding hydrogens is 334 g/mol. The Morgan fingerprint density at radius 1 is 1.29 bits per heavy atom. The molecule has 21 heavy (non-hydrogen) atoms. The maximum absolute atomic E-state index is 12.0. The Morgan fingerprint density at radius 3 is 2.52 bits per heavy atom. The monoisotopic (exact) mass is 355 g/mol. The van der Waals surface area contributed by atoms with Crippen molar-refractivity contribution in [1.29, 1.82) is 0 Å². The Balaban J connectivity index is 2.69. The van der Waals surface area contributed by atoms with Crippen LogP contribution in [0.4, 0.5) is 0 Å². The lowest BCUT2D eigenvalue weighted by molar-refractivity contribution is -0.127. The molecule has 1 unspecified atom stereocenters. The molecule has 0 aliphatic carbocycles. The Bertz CT molecular complexity index is 514. The normalized spacial score (nSPS) is 12.1. The van der Waals surface area contributed by atoms with E-state index in [1.807, 2.05) is 0 Å². The molecule has 0 fully saturated rings. The average molecular weight is 356 g/mol. The van der Waals surface area contributed by atoms with Crippen molar-refractivity contribution < 1.29 is 14.3 Å².